The molecule has 0 aromatic heterocycles. The second-order valence-corrected chi connectivity index (χ2v) is 5.10. The average molecular weight is 246 g/mol. The lowest BCUT2D eigenvalue weighted by Crippen LogP contribution is -2.20. The molecule has 0 amide bonds. The van der Waals surface area contributed by atoms with Gasteiger partial charge in [-0.1, -0.05) is 26.0 Å². The van der Waals surface area contributed by atoms with Gasteiger partial charge in [-0.15, -0.1) is 0 Å². The van der Waals surface area contributed by atoms with E-state index in [0.29, 0.717) is 12.5 Å². The molecular weight excluding hydrogens is 224 g/mol. The van der Waals surface area contributed by atoms with Gasteiger partial charge in [-0.05, 0) is 31.6 Å². The number of nitriles is 1. The Balaban J connectivity index is 3.17. The molecule has 3 heteroatoms. The normalized spacial score (nSPS) is 12.6. The van der Waals surface area contributed by atoms with Gasteiger partial charge in [-0.25, -0.2) is 0 Å². The van der Waals surface area contributed by atoms with Crippen LogP contribution >= 0.6 is 0 Å². The van der Waals surface area contributed by atoms with Crippen LogP contribution in [0.25, 0.3) is 0 Å². The first-order valence-electron chi connectivity index (χ1n) is 6.21. The molecule has 0 N–H and O–H groups in total. The number of methoxy groups -OCH3 is 1. The minimum absolute atomic E-state index is 0.159. The Kier molecular flexibility index (Phi) is 5.18. The molecule has 0 spiro atoms. The van der Waals surface area contributed by atoms with Gasteiger partial charge in [0.2, 0.25) is 0 Å². The van der Waals surface area contributed by atoms with E-state index < -0.39 is 0 Å². The molecule has 1 rings (SSSR count). The van der Waals surface area contributed by atoms with Crippen LogP contribution in [0, 0.1) is 11.3 Å². The molecule has 0 saturated heterocycles. The number of likely N-dealkylation sites (N-methyl/N-ethyl adjacent to an activating group) is 1. The molecule has 0 fully saturated rings. The van der Waals surface area contributed by atoms with Gasteiger partial charge < -0.3 is 9.64 Å². The van der Waals surface area contributed by atoms with Crippen LogP contribution in [0.15, 0.2) is 18.2 Å². The number of nitrogens with zero attached hydrogens (tertiary/aromatic N) is 2. The van der Waals surface area contributed by atoms with Crippen molar-refractivity contribution in [2.24, 2.45) is 0 Å². The Labute approximate surface area is 110 Å². The van der Waals surface area contributed by atoms with Gasteiger partial charge >= 0.3 is 0 Å². The Morgan fingerprint density at radius 3 is 2.44 bits per heavy atom. The van der Waals surface area contributed by atoms with E-state index in [2.05, 4.69) is 32.0 Å². The smallest absolute Gasteiger partial charge is 0.123 e. The summed E-state index contributed by atoms with van der Waals surface area (Å²) in [6, 6.07) is 8.50. The third kappa shape index (κ3) is 3.48. The molecular formula is C15H22N2O. The summed E-state index contributed by atoms with van der Waals surface area (Å²) in [6.45, 7) is 5.01. The van der Waals surface area contributed by atoms with Crippen LogP contribution in [0.1, 0.15) is 36.8 Å². The van der Waals surface area contributed by atoms with E-state index in [0.717, 1.165) is 11.3 Å². The second kappa shape index (κ2) is 6.42. The fourth-order valence-corrected chi connectivity index (χ4v) is 1.96. The van der Waals surface area contributed by atoms with Crippen LogP contribution in [-0.4, -0.2) is 32.6 Å². The summed E-state index contributed by atoms with van der Waals surface area (Å²) in [5.74, 6) is 1.09. The first kappa shape index (κ1) is 14.5. The molecule has 3 nitrogen and oxygen atoms in total. The van der Waals surface area contributed by atoms with E-state index in [-0.39, 0.29) is 5.92 Å². The van der Waals surface area contributed by atoms with Crippen molar-refractivity contribution in [3.05, 3.63) is 29.3 Å². The van der Waals surface area contributed by atoms with Crippen molar-refractivity contribution in [1.29, 1.82) is 5.26 Å². The van der Waals surface area contributed by atoms with Crippen molar-refractivity contribution in [3.63, 3.8) is 0 Å². The zero-order valence-corrected chi connectivity index (χ0v) is 11.9. The molecule has 0 aliphatic carbocycles. The molecule has 0 radical (unpaired) electrons. The number of rotatable bonds is 5. The highest BCUT2D eigenvalue weighted by Crippen LogP contribution is 2.30. The summed E-state index contributed by atoms with van der Waals surface area (Å²) >= 11 is 0. The van der Waals surface area contributed by atoms with Crippen molar-refractivity contribution < 1.29 is 4.74 Å². The summed E-state index contributed by atoms with van der Waals surface area (Å²) in [7, 11) is 5.60. The molecule has 0 aliphatic heterocycles. The van der Waals surface area contributed by atoms with E-state index in [1.807, 2.05) is 25.1 Å². The van der Waals surface area contributed by atoms with Gasteiger partial charge in [0.25, 0.3) is 0 Å². The predicted octanol–water partition coefficient (Wildman–Crippen LogP) is 2.99. The Morgan fingerprint density at radius 2 is 2.00 bits per heavy atom. The number of hydrogen-bond acceptors (Lipinski definition) is 3. The van der Waals surface area contributed by atoms with Crippen molar-refractivity contribution in [3.8, 4) is 11.8 Å². The van der Waals surface area contributed by atoms with Crippen molar-refractivity contribution in [2.45, 2.75) is 25.7 Å². The zero-order valence-electron chi connectivity index (χ0n) is 11.9. The molecule has 1 unspecified atom stereocenters. The zero-order chi connectivity index (χ0) is 13.7. The van der Waals surface area contributed by atoms with E-state index in [1.54, 1.807) is 7.11 Å². The van der Waals surface area contributed by atoms with Crippen LogP contribution in [0.5, 0.6) is 5.75 Å². The van der Waals surface area contributed by atoms with Gasteiger partial charge in [-0.3, -0.25) is 0 Å². The maximum Gasteiger partial charge on any atom is 0.123 e. The summed E-state index contributed by atoms with van der Waals surface area (Å²) in [6.07, 6.45) is 0. The molecule has 1 aromatic rings. The minimum Gasteiger partial charge on any atom is -0.496 e. The highest BCUT2D eigenvalue weighted by molar-refractivity contribution is 5.43. The SMILES string of the molecule is COc1ccc(C(C)C)cc1C(C#N)CN(C)C. The van der Waals surface area contributed by atoms with Gasteiger partial charge in [0.1, 0.15) is 5.75 Å². The maximum atomic E-state index is 9.35. The van der Waals surface area contributed by atoms with Crippen LogP contribution in [-0.2, 0) is 0 Å². The first-order chi connectivity index (χ1) is 8.49. The molecule has 0 bridgehead atoms. The lowest BCUT2D eigenvalue weighted by molar-refractivity contribution is 0.380. The standard InChI is InChI=1S/C15H22N2O/c1-11(2)12-6-7-15(18-5)14(8-12)13(9-16)10-17(3)4/h6-8,11,13H,10H2,1-5H3. The lowest BCUT2D eigenvalue weighted by atomic mass is 9.93. The fraction of sp³-hybridized carbons (Fsp3) is 0.533. The molecule has 0 saturated carbocycles. The lowest BCUT2D eigenvalue weighted by Gasteiger charge is -2.19. The van der Waals surface area contributed by atoms with Gasteiger partial charge in [0, 0.05) is 12.1 Å². The summed E-state index contributed by atoms with van der Waals surface area (Å²) < 4.78 is 5.37. The Morgan fingerprint density at radius 1 is 1.33 bits per heavy atom. The highest BCUT2D eigenvalue weighted by Gasteiger charge is 2.17. The van der Waals surface area contributed by atoms with E-state index in [4.69, 9.17) is 4.74 Å². The van der Waals surface area contributed by atoms with Crippen LogP contribution < -0.4 is 4.74 Å². The first-order valence-corrected chi connectivity index (χ1v) is 6.21. The molecule has 18 heavy (non-hydrogen) atoms. The highest BCUT2D eigenvalue weighted by atomic mass is 16.5. The van der Waals surface area contributed by atoms with Crippen LogP contribution in [0.3, 0.4) is 0 Å². The molecule has 0 heterocycles. The summed E-state index contributed by atoms with van der Waals surface area (Å²) in [5.41, 5.74) is 2.23. The number of ether oxygens (including phenoxy) is 1. The Hall–Kier alpha value is -1.53. The fourth-order valence-electron chi connectivity index (χ4n) is 1.96. The molecule has 1 atom stereocenters. The second-order valence-electron chi connectivity index (χ2n) is 5.10. The van der Waals surface area contributed by atoms with Gasteiger partial charge in [0.15, 0.2) is 0 Å². The molecule has 1 aromatic carbocycles. The molecule has 0 aliphatic rings. The largest absolute Gasteiger partial charge is 0.496 e. The van der Waals surface area contributed by atoms with Crippen LogP contribution in [0.2, 0.25) is 0 Å². The predicted molar refractivity (Wildman–Crippen MR) is 74.0 cm³/mol. The van der Waals surface area contributed by atoms with Gasteiger partial charge in [-0.2, -0.15) is 5.26 Å². The monoisotopic (exact) mass is 246 g/mol. The maximum absolute atomic E-state index is 9.35. The average Bonchev–Trinajstić information content (AvgIpc) is 2.34. The van der Waals surface area contributed by atoms with Crippen LogP contribution in [0.4, 0.5) is 0 Å². The number of hydrogen-bond donors (Lipinski definition) is 0. The topological polar surface area (TPSA) is 36.3 Å². The Bertz CT molecular complexity index is 433. The van der Waals surface area contributed by atoms with Crippen molar-refractivity contribution in [2.75, 3.05) is 27.7 Å². The third-order valence-corrected chi connectivity index (χ3v) is 3.00. The summed E-state index contributed by atoms with van der Waals surface area (Å²) in [5, 5.41) is 9.35. The van der Waals surface area contributed by atoms with E-state index >= 15 is 0 Å². The minimum atomic E-state index is -0.159. The van der Waals surface area contributed by atoms with Crippen molar-refractivity contribution in [1.82, 2.24) is 4.90 Å². The third-order valence-electron chi connectivity index (χ3n) is 3.00. The number of benzene rings is 1. The van der Waals surface area contributed by atoms with E-state index in [1.165, 1.54) is 5.56 Å². The van der Waals surface area contributed by atoms with E-state index in [9.17, 15) is 5.26 Å². The van der Waals surface area contributed by atoms with Crippen molar-refractivity contribution >= 4 is 0 Å². The molecule has 98 valence electrons. The van der Waals surface area contributed by atoms with Gasteiger partial charge in [0.05, 0.1) is 19.1 Å². The summed E-state index contributed by atoms with van der Waals surface area (Å²) in [4.78, 5) is 2.02. The quantitative estimate of drug-likeness (QED) is 0.801.